The maximum absolute atomic E-state index is 2.49. The first kappa shape index (κ1) is 23.8. The van der Waals surface area contributed by atoms with Crippen molar-refractivity contribution >= 4 is 42.8 Å². The molecule has 3 rings (SSSR count). The van der Waals surface area contributed by atoms with Gasteiger partial charge in [0.15, 0.2) is 0 Å². The van der Waals surface area contributed by atoms with Crippen LogP contribution >= 0.6 is 22.7 Å². The molecule has 0 unspecified atom stereocenters. The van der Waals surface area contributed by atoms with Crippen molar-refractivity contribution in [1.29, 1.82) is 0 Å². The third-order valence-electron chi connectivity index (χ3n) is 6.47. The van der Waals surface area contributed by atoms with E-state index in [1.807, 2.05) is 22.7 Å². The largest absolute Gasteiger partial charge is 0.140 e. The van der Waals surface area contributed by atoms with Gasteiger partial charge in [0.05, 0.1) is 0 Å². The summed E-state index contributed by atoms with van der Waals surface area (Å²) >= 11 is 4.09. The normalized spacial score (nSPS) is 11.9. The molecular formula is C28H42S2. The summed E-state index contributed by atoms with van der Waals surface area (Å²) in [7, 11) is 0. The van der Waals surface area contributed by atoms with Crippen molar-refractivity contribution in [1.82, 2.24) is 0 Å². The lowest BCUT2D eigenvalue weighted by Crippen LogP contribution is -1.93. The van der Waals surface area contributed by atoms with Gasteiger partial charge in [0.1, 0.15) is 0 Å². The van der Waals surface area contributed by atoms with E-state index in [0.29, 0.717) is 0 Å². The van der Waals surface area contributed by atoms with Gasteiger partial charge in [0.25, 0.3) is 0 Å². The topological polar surface area (TPSA) is 0 Å². The fraction of sp³-hybridized carbons (Fsp3) is 0.643. The van der Waals surface area contributed by atoms with E-state index >= 15 is 0 Å². The molecule has 0 aliphatic carbocycles. The Bertz CT molecular complexity index is 783. The quantitative estimate of drug-likeness (QED) is 0.218. The van der Waals surface area contributed by atoms with Gasteiger partial charge in [-0.2, -0.15) is 0 Å². The molecule has 0 atom stereocenters. The van der Waals surface area contributed by atoms with Crippen LogP contribution in [0.1, 0.15) is 112 Å². The molecule has 1 aromatic carbocycles. The molecule has 0 spiro atoms. The van der Waals surface area contributed by atoms with E-state index in [9.17, 15) is 0 Å². The van der Waals surface area contributed by atoms with Crippen LogP contribution in [0.2, 0.25) is 0 Å². The van der Waals surface area contributed by atoms with Gasteiger partial charge in [-0.15, -0.1) is 22.7 Å². The highest BCUT2D eigenvalue weighted by Gasteiger charge is 2.17. The van der Waals surface area contributed by atoms with Gasteiger partial charge in [0, 0.05) is 19.2 Å². The van der Waals surface area contributed by atoms with Crippen molar-refractivity contribution in [2.45, 2.75) is 118 Å². The first-order valence-corrected chi connectivity index (χ1v) is 14.2. The average molecular weight is 443 g/mol. The second-order valence-electron chi connectivity index (χ2n) is 9.19. The summed E-state index contributed by atoms with van der Waals surface area (Å²) in [6.07, 6.45) is 19.1. The van der Waals surface area contributed by atoms with Crippen LogP contribution in [0.25, 0.3) is 20.2 Å². The number of hydrogen-bond acceptors (Lipinski definition) is 2. The number of benzene rings is 1. The Hall–Kier alpha value is -0.860. The SMILES string of the molecule is CCCCCCCCc1c2cc(C)sc2c(CCCCCCCC)c2cc(C)sc12. The molecule has 0 aliphatic rings. The zero-order valence-electron chi connectivity index (χ0n) is 19.9. The molecule has 3 aromatic rings. The van der Waals surface area contributed by atoms with E-state index in [1.54, 1.807) is 31.3 Å². The highest BCUT2D eigenvalue weighted by Crippen LogP contribution is 2.42. The van der Waals surface area contributed by atoms with Crippen LogP contribution in [0.4, 0.5) is 0 Å². The fourth-order valence-electron chi connectivity index (χ4n) is 4.83. The fourth-order valence-corrected chi connectivity index (χ4v) is 7.08. The lowest BCUT2D eigenvalue weighted by atomic mass is 9.95. The van der Waals surface area contributed by atoms with Gasteiger partial charge in [-0.05, 0) is 73.6 Å². The highest BCUT2D eigenvalue weighted by atomic mass is 32.1. The van der Waals surface area contributed by atoms with Gasteiger partial charge >= 0.3 is 0 Å². The molecule has 30 heavy (non-hydrogen) atoms. The van der Waals surface area contributed by atoms with Crippen LogP contribution in [0.3, 0.4) is 0 Å². The lowest BCUT2D eigenvalue weighted by molar-refractivity contribution is 0.608. The van der Waals surface area contributed by atoms with E-state index in [1.165, 1.54) is 99.6 Å². The summed E-state index contributed by atoms with van der Waals surface area (Å²) in [5, 5.41) is 3.17. The summed E-state index contributed by atoms with van der Waals surface area (Å²) in [4.78, 5) is 2.96. The Morgan fingerprint density at radius 2 is 0.900 bits per heavy atom. The molecule has 0 radical (unpaired) electrons. The van der Waals surface area contributed by atoms with Crippen LogP contribution in [0.15, 0.2) is 12.1 Å². The molecule has 2 heterocycles. The highest BCUT2D eigenvalue weighted by molar-refractivity contribution is 7.21. The van der Waals surface area contributed by atoms with E-state index in [-0.39, 0.29) is 0 Å². The summed E-state index contributed by atoms with van der Waals surface area (Å²) in [6.45, 7) is 9.21. The lowest BCUT2D eigenvalue weighted by Gasteiger charge is -2.12. The van der Waals surface area contributed by atoms with Crippen molar-refractivity contribution in [2.24, 2.45) is 0 Å². The van der Waals surface area contributed by atoms with Crippen LogP contribution in [-0.2, 0) is 12.8 Å². The first-order valence-electron chi connectivity index (χ1n) is 12.6. The molecule has 0 saturated carbocycles. The van der Waals surface area contributed by atoms with Crippen molar-refractivity contribution in [2.75, 3.05) is 0 Å². The van der Waals surface area contributed by atoms with E-state index in [2.05, 4.69) is 39.8 Å². The predicted octanol–water partition coefficient (Wildman–Crippen LogP) is 10.5. The molecule has 0 amide bonds. The molecule has 0 saturated heterocycles. The second-order valence-corrected chi connectivity index (χ2v) is 11.7. The summed E-state index contributed by atoms with van der Waals surface area (Å²) < 4.78 is 3.21. The molecule has 0 N–H and O–H groups in total. The molecule has 0 bridgehead atoms. The van der Waals surface area contributed by atoms with Gasteiger partial charge < -0.3 is 0 Å². The summed E-state index contributed by atoms with van der Waals surface area (Å²) in [5.74, 6) is 0. The maximum Gasteiger partial charge on any atom is 0.0387 e. The molecule has 2 heteroatoms. The summed E-state index contributed by atoms with van der Waals surface area (Å²) in [6, 6.07) is 4.98. The second kappa shape index (κ2) is 12.2. The maximum atomic E-state index is 2.49. The van der Waals surface area contributed by atoms with Crippen LogP contribution in [0, 0.1) is 13.8 Å². The molecule has 0 nitrogen and oxygen atoms in total. The minimum atomic E-state index is 1.26. The average Bonchev–Trinajstić information content (AvgIpc) is 3.30. The zero-order chi connectivity index (χ0) is 21.3. The van der Waals surface area contributed by atoms with E-state index in [0.717, 1.165) is 0 Å². The third-order valence-corrected chi connectivity index (χ3v) is 8.69. The number of hydrogen-bond donors (Lipinski definition) is 0. The summed E-state index contributed by atoms with van der Waals surface area (Å²) in [5.41, 5.74) is 3.31. The molecule has 0 aliphatic heterocycles. The Labute approximate surface area is 193 Å². The Morgan fingerprint density at radius 1 is 0.533 bits per heavy atom. The van der Waals surface area contributed by atoms with Crippen molar-refractivity contribution < 1.29 is 0 Å². The number of fused-ring (bicyclic) bond motifs is 2. The van der Waals surface area contributed by atoms with Gasteiger partial charge in [0.2, 0.25) is 0 Å². The molecule has 0 fully saturated rings. The Kier molecular flexibility index (Phi) is 9.71. The minimum absolute atomic E-state index is 1.26. The standard InChI is InChI=1S/C28H42S2/c1-5-7-9-11-13-15-17-23-25-19-21(3)30-28(25)24(18-16-14-12-10-8-6-2)26-20-22(4)29-27(23)26/h19-20H,5-18H2,1-4H3. The van der Waals surface area contributed by atoms with Crippen LogP contribution in [-0.4, -0.2) is 0 Å². The predicted molar refractivity (Wildman–Crippen MR) is 141 cm³/mol. The molecular weight excluding hydrogens is 400 g/mol. The van der Waals surface area contributed by atoms with Gasteiger partial charge in [-0.25, -0.2) is 0 Å². The molecule has 166 valence electrons. The molecule has 2 aromatic heterocycles. The van der Waals surface area contributed by atoms with Gasteiger partial charge in [-0.3, -0.25) is 0 Å². The Balaban J connectivity index is 1.81. The van der Waals surface area contributed by atoms with Gasteiger partial charge in [-0.1, -0.05) is 78.1 Å². The monoisotopic (exact) mass is 442 g/mol. The van der Waals surface area contributed by atoms with E-state index < -0.39 is 0 Å². The van der Waals surface area contributed by atoms with E-state index in [4.69, 9.17) is 0 Å². The van der Waals surface area contributed by atoms with Crippen LogP contribution in [0.5, 0.6) is 0 Å². The minimum Gasteiger partial charge on any atom is -0.140 e. The van der Waals surface area contributed by atoms with Crippen LogP contribution < -0.4 is 0 Å². The van der Waals surface area contributed by atoms with Crippen molar-refractivity contribution in [3.8, 4) is 0 Å². The smallest absolute Gasteiger partial charge is 0.0387 e. The third kappa shape index (κ3) is 6.10. The first-order chi connectivity index (χ1) is 14.7. The van der Waals surface area contributed by atoms with Crippen molar-refractivity contribution in [3.63, 3.8) is 0 Å². The number of thiophene rings is 2. The van der Waals surface area contributed by atoms with Crippen molar-refractivity contribution in [3.05, 3.63) is 33.0 Å². The zero-order valence-corrected chi connectivity index (χ0v) is 21.5. The Morgan fingerprint density at radius 3 is 1.30 bits per heavy atom. The number of rotatable bonds is 14. The number of aryl methyl sites for hydroxylation is 4. The number of unbranched alkanes of at least 4 members (excludes halogenated alkanes) is 10.